The molecule has 0 aliphatic carbocycles. The lowest BCUT2D eigenvalue weighted by molar-refractivity contribution is -0.155. The molecule has 7 heteroatoms. The molecule has 29 heavy (non-hydrogen) atoms. The Morgan fingerprint density at radius 3 is 2.31 bits per heavy atom. The van der Waals surface area contributed by atoms with E-state index >= 15 is 0 Å². The number of methoxy groups -OCH3 is 1. The number of ketones is 1. The van der Waals surface area contributed by atoms with Gasteiger partial charge in [-0.25, -0.2) is 4.79 Å². The van der Waals surface area contributed by atoms with Gasteiger partial charge in [0.15, 0.2) is 30.0 Å². The minimum Gasteiger partial charge on any atom is -0.493 e. The number of benzene rings is 2. The van der Waals surface area contributed by atoms with Crippen LogP contribution in [0.5, 0.6) is 11.5 Å². The second kappa shape index (κ2) is 10.3. The third-order valence-electron chi connectivity index (χ3n) is 4.22. The maximum absolute atomic E-state index is 12.2. The van der Waals surface area contributed by atoms with Gasteiger partial charge in [0.2, 0.25) is 0 Å². The Kier molecular flexibility index (Phi) is 7.77. The fourth-order valence-electron chi connectivity index (χ4n) is 2.49. The van der Waals surface area contributed by atoms with Crippen LogP contribution in [-0.2, 0) is 20.7 Å². The number of hydrogen-bond acceptors (Lipinski definition) is 6. The predicted molar refractivity (Wildman–Crippen MR) is 108 cm³/mol. The molecule has 1 atom stereocenters. The summed E-state index contributed by atoms with van der Waals surface area (Å²) >= 11 is 0. The standard InChI is InChI=1S/C22H25NO6/c1-5-16-6-9-18(10-7-16)23-22(26)15(3)29-21(25)13-28-19-11-8-17(14(2)24)12-20(19)27-4/h6-12,15H,5,13H2,1-4H3,(H,23,26)/t15-/m0/s1. The van der Waals surface area contributed by atoms with Crippen molar-refractivity contribution in [1.29, 1.82) is 0 Å². The van der Waals surface area contributed by atoms with Gasteiger partial charge in [-0.1, -0.05) is 19.1 Å². The van der Waals surface area contributed by atoms with Crippen molar-refractivity contribution in [2.75, 3.05) is 19.0 Å². The fraction of sp³-hybridized carbons (Fsp3) is 0.318. The zero-order chi connectivity index (χ0) is 21.4. The predicted octanol–water partition coefficient (Wildman–Crippen LogP) is 3.41. The molecule has 0 spiro atoms. The lowest BCUT2D eigenvalue weighted by atomic mass is 10.1. The van der Waals surface area contributed by atoms with Crippen molar-refractivity contribution >= 4 is 23.3 Å². The molecule has 0 heterocycles. The molecule has 0 aromatic heterocycles. The Labute approximate surface area is 170 Å². The molecule has 2 rings (SSSR count). The first-order valence-corrected chi connectivity index (χ1v) is 9.25. The highest BCUT2D eigenvalue weighted by Gasteiger charge is 2.19. The molecule has 0 saturated heterocycles. The van der Waals surface area contributed by atoms with E-state index in [4.69, 9.17) is 14.2 Å². The van der Waals surface area contributed by atoms with Crippen molar-refractivity contribution in [2.45, 2.75) is 33.3 Å². The van der Waals surface area contributed by atoms with Gasteiger partial charge in [-0.2, -0.15) is 0 Å². The van der Waals surface area contributed by atoms with Crippen molar-refractivity contribution in [3.8, 4) is 11.5 Å². The molecular formula is C22H25NO6. The topological polar surface area (TPSA) is 90.9 Å². The van der Waals surface area contributed by atoms with Gasteiger partial charge in [0.25, 0.3) is 5.91 Å². The molecule has 0 saturated carbocycles. The van der Waals surface area contributed by atoms with Gasteiger partial charge < -0.3 is 19.5 Å². The van der Waals surface area contributed by atoms with Crippen LogP contribution in [-0.4, -0.2) is 37.5 Å². The summed E-state index contributed by atoms with van der Waals surface area (Å²) in [7, 11) is 1.43. The third kappa shape index (κ3) is 6.34. The van der Waals surface area contributed by atoms with Crippen molar-refractivity contribution in [3.63, 3.8) is 0 Å². The Bertz CT molecular complexity index is 875. The summed E-state index contributed by atoms with van der Waals surface area (Å²) in [6.07, 6.45) is -0.0798. The van der Waals surface area contributed by atoms with Crippen LogP contribution < -0.4 is 14.8 Å². The maximum Gasteiger partial charge on any atom is 0.344 e. The summed E-state index contributed by atoms with van der Waals surface area (Å²) < 4.78 is 15.7. The number of carbonyl (C=O) groups excluding carboxylic acids is 3. The van der Waals surface area contributed by atoms with E-state index in [0.717, 1.165) is 12.0 Å². The lowest BCUT2D eigenvalue weighted by Gasteiger charge is -2.15. The summed E-state index contributed by atoms with van der Waals surface area (Å²) in [6.45, 7) is 4.57. The zero-order valence-corrected chi connectivity index (χ0v) is 17.0. The summed E-state index contributed by atoms with van der Waals surface area (Å²) in [5, 5.41) is 2.70. The number of amides is 1. The van der Waals surface area contributed by atoms with E-state index in [-0.39, 0.29) is 5.78 Å². The lowest BCUT2D eigenvalue weighted by Crippen LogP contribution is -2.31. The second-order valence-electron chi connectivity index (χ2n) is 6.38. The highest BCUT2D eigenvalue weighted by Crippen LogP contribution is 2.28. The van der Waals surface area contributed by atoms with Crippen LogP contribution in [0.4, 0.5) is 5.69 Å². The Morgan fingerprint density at radius 2 is 1.72 bits per heavy atom. The molecule has 0 aliphatic rings. The highest BCUT2D eigenvalue weighted by molar-refractivity contribution is 5.95. The van der Waals surface area contributed by atoms with Crippen LogP contribution >= 0.6 is 0 Å². The SMILES string of the molecule is CCc1ccc(NC(=O)[C@H](C)OC(=O)COc2ccc(C(C)=O)cc2OC)cc1. The van der Waals surface area contributed by atoms with Gasteiger partial charge in [-0.15, -0.1) is 0 Å². The number of rotatable bonds is 9. The summed E-state index contributed by atoms with van der Waals surface area (Å²) in [4.78, 5) is 35.6. The van der Waals surface area contributed by atoms with Gasteiger partial charge in [0.1, 0.15) is 0 Å². The fourth-order valence-corrected chi connectivity index (χ4v) is 2.49. The number of Topliss-reactive ketones (excluding diaryl/α,β-unsaturated/α-hetero) is 1. The number of nitrogens with one attached hydrogen (secondary N) is 1. The Hall–Kier alpha value is -3.35. The van der Waals surface area contributed by atoms with Crippen LogP contribution in [0.3, 0.4) is 0 Å². The number of aryl methyl sites for hydroxylation is 1. The first kappa shape index (κ1) is 21.9. The Morgan fingerprint density at radius 1 is 1.03 bits per heavy atom. The quantitative estimate of drug-likeness (QED) is 0.513. The van der Waals surface area contributed by atoms with E-state index in [9.17, 15) is 14.4 Å². The van der Waals surface area contributed by atoms with Crippen molar-refractivity contribution in [2.24, 2.45) is 0 Å². The zero-order valence-electron chi connectivity index (χ0n) is 17.0. The van der Waals surface area contributed by atoms with E-state index in [1.54, 1.807) is 24.3 Å². The molecule has 2 aromatic carbocycles. The molecule has 1 amide bonds. The number of hydrogen-bond donors (Lipinski definition) is 1. The average Bonchev–Trinajstić information content (AvgIpc) is 2.72. The number of esters is 1. The number of ether oxygens (including phenoxy) is 3. The number of carbonyl (C=O) groups is 3. The molecule has 1 N–H and O–H groups in total. The molecule has 0 aliphatic heterocycles. The molecule has 7 nitrogen and oxygen atoms in total. The van der Waals surface area contributed by atoms with Gasteiger partial charge in [0, 0.05) is 11.3 Å². The van der Waals surface area contributed by atoms with Gasteiger partial charge >= 0.3 is 5.97 Å². The minimum absolute atomic E-state index is 0.113. The largest absolute Gasteiger partial charge is 0.493 e. The van der Waals surface area contributed by atoms with Crippen LogP contribution in [0.1, 0.15) is 36.7 Å². The Balaban J connectivity index is 1.87. The smallest absolute Gasteiger partial charge is 0.344 e. The molecule has 0 unspecified atom stereocenters. The highest BCUT2D eigenvalue weighted by atomic mass is 16.6. The van der Waals surface area contributed by atoms with Crippen LogP contribution in [0.25, 0.3) is 0 Å². The minimum atomic E-state index is -0.987. The van der Waals surface area contributed by atoms with Gasteiger partial charge in [-0.05, 0) is 56.2 Å². The molecule has 0 fully saturated rings. The summed E-state index contributed by atoms with van der Waals surface area (Å²) in [6, 6.07) is 12.1. The first-order valence-electron chi connectivity index (χ1n) is 9.25. The van der Waals surface area contributed by atoms with Gasteiger partial charge in [-0.3, -0.25) is 9.59 Å². The summed E-state index contributed by atoms with van der Waals surface area (Å²) in [5.74, 6) is -0.634. The van der Waals surface area contributed by atoms with Crippen molar-refractivity contribution in [1.82, 2.24) is 0 Å². The van der Waals surface area contributed by atoms with Crippen molar-refractivity contribution < 1.29 is 28.6 Å². The van der Waals surface area contributed by atoms with E-state index in [1.807, 2.05) is 19.1 Å². The van der Waals surface area contributed by atoms with E-state index < -0.39 is 24.6 Å². The molecule has 0 bridgehead atoms. The van der Waals surface area contributed by atoms with E-state index in [0.29, 0.717) is 22.7 Å². The first-order chi connectivity index (χ1) is 13.8. The maximum atomic E-state index is 12.2. The van der Waals surface area contributed by atoms with Gasteiger partial charge in [0.05, 0.1) is 7.11 Å². The van der Waals surface area contributed by atoms with Crippen LogP contribution in [0, 0.1) is 0 Å². The van der Waals surface area contributed by atoms with Crippen LogP contribution in [0.2, 0.25) is 0 Å². The molecule has 2 aromatic rings. The molecular weight excluding hydrogens is 374 g/mol. The average molecular weight is 399 g/mol. The second-order valence-corrected chi connectivity index (χ2v) is 6.38. The molecule has 154 valence electrons. The molecule has 0 radical (unpaired) electrons. The van der Waals surface area contributed by atoms with E-state index in [1.165, 1.54) is 27.0 Å². The monoisotopic (exact) mass is 399 g/mol. The van der Waals surface area contributed by atoms with Crippen LogP contribution in [0.15, 0.2) is 42.5 Å². The number of anilines is 1. The van der Waals surface area contributed by atoms with E-state index in [2.05, 4.69) is 5.32 Å². The normalized spacial score (nSPS) is 11.3. The third-order valence-corrected chi connectivity index (χ3v) is 4.22. The van der Waals surface area contributed by atoms with Crippen molar-refractivity contribution in [3.05, 3.63) is 53.6 Å². The summed E-state index contributed by atoms with van der Waals surface area (Å²) in [5.41, 5.74) is 2.25.